The number of hydrogen-bond acceptors (Lipinski definition) is 9. The highest BCUT2D eigenvalue weighted by molar-refractivity contribution is 5.72. The van der Waals surface area contributed by atoms with E-state index < -0.39 is 48.6 Å². The Morgan fingerprint density at radius 1 is 1.07 bits per heavy atom. The first-order valence-corrected chi connectivity index (χ1v) is 9.11. The summed E-state index contributed by atoms with van der Waals surface area (Å²) in [7, 11) is 0. The van der Waals surface area contributed by atoms with Crippen LogP contribution in [0.1, 0.15) is 47.5 Å². The Hall–Kier alpha value is -1.71. The number of hydrogen-bond donors (Lipinski definition) is 2. The molecule has 1 aliphatic heterocycles. The van der Waals surface area contributed by atoms with Gasteiger partial charge in [0.15, 0.2) is 6.10 Å². The van der Waals surface area contributed by atoms with E-state index in [4.69, 9.17) is 18.9 Å². The van der Waals surface area contributed by atoms with Gasteiger partial charge >= 0.3 is 17.9 Å². The molecule has 1 heterocycles. The lowest BCUT2D eigenvalue weighted by Crippen LogP contribution is -2.61. The molecule has 0 aliphatic carbocycles. The maximum Gasteiger partial charge on any atom is 0.308 e. The van der Waals surface area contributed by atoms with Crippen LogP contribution in [0.4, 0.5) is 0 Å². The fourth-order valence-electron chi connectivity index (χ4n) is 2.44. The molecule has 0 spiro atoms. The minimum Gasteiger partial charge on any atom is -0.463 e. The minimum absolute atomic E-state index is 0.0241. The molecule has 156 valence electrons. The van der Waals surface area contributed by atoms with Crippen molar-refractivity contribution in [1.29, 1.82) is 0 Å². The summed E-state index contributed by atoms with van der Waals surface area (Å²) in [5, 5.41) is 20.5. The first-order chi connectivity index (χ1) is 12.6. The van der Waals surface area contributed by atoms with Gasteiger partial charge in [-0.05, 0) is 12.3 Å². The molecular weight excluding hydrogens is 360 g/mol. The van der Waals surface area contributed by atoms with Crippen LogP contribution in [0.2, 0.25) is 0 Å². The highest BCUT2D eigenvalue weighted by atomic mass is 16.7. The van der Waals surface area contributed by atoms with Crippen molar-refractivity contribution in [1.82, 2.24) is 0 Å². The van der Waals surface area contributed by atoms with Crippen molar-refractivity contribution in [3.63, 3.8) is 0 Å². The van der Waals surface area contributed by atoms with Crippen molar-refractivity contribution in [3.8, 4) is 0 Å². The number of carbonyl (C=O) groups excluding carboxylic acids is 3. The molecule has 6 atom stereocenters. The molecule has 1 rings (SSSR count). The maximum absolute atomic E-state index is 12.0. The molecule has 1 saturated heterocycles. The SMILES string of the molecule is CC[C@@H](C)C(=O)OC[C@@H]1O[C@H](OC(=O)CC(C)C)[C@@H](OC(C)=O)[C@H](O)[C@@H]1O. The monoisotopic (exact) mass is 390 g/mol. The first-order valence-electron chi connectivity index (χ1n) is 9.11. The van der Waals surface area contributed by atoms with E-state index in [0.717, 1.165) is 6.92 Å². The summed E-state index contributed by atoms with van der Waals surface area (Å²) in [6.07, 6.45) is -6.36. The fourth-order valence-corrected chi connectivity index (χ4v) is 2.44. The third-order valence-electron chi connectivity index (χ3n) is 4.17. The van der Waals surface area contributed by atoms with E-state index in [1.54, 1.807) is 6.92 Å². The highest BCUT2D eigenvalue weighted by Gasteiger charge is 2.48. The van der Waals surface area contributed by atoms with E-state index in [1.165, 1.54) is 0 Å². The van der Waals surface area contributed by atoms with Crippen molar-refractivity contribution >= 4 is 17.9 Å². The van der Waals surface area contributed by atoms with Gasteiger partial charge in [0.2, 0.25) is 6.29 Å². The molecule has 0 radical (unpaired) electrons. The summed E-state index contributed by atoms with van der Waals surface area (Å²) in [4.78, 5) is 35.1. The molecule has 0 bridgehead atoms. The zero-order valence-electron chi connectivity index (χ0n) is 16.4. The van der Waals surface area contributed by atoms with Crippen LogP contribution in [0, 0.1) is 11.8 Å². The molecule has 0 amide bonds. The first kappa shape index (κ1) is 23.3. The van der Waals surface area contributed by atoms with Crippen molar-refractivity contribution in [2.24, 2.45) is 11.8 Å². The fraction of sp³-hybridized carbons (Fsp3) is 0.833. The summed E-state index contributed by atoms with van der Waals surface area (Å²) in [5.74, 6) is -2.12. The molecule has 9 heteroatoms. The van der Waals surface area contributed by atoms with Gasteiger partial charge in [0.25, 0.3) is 0 Å². The number of carbonyl (C=O) groups is 3. The largest absolute Gasteiger partial charge is 0.463 e. The molecule has 0 unspecified atom stereocenters. The Kier molecular flexibility index (Phi) is 9.14. The molecular formula is C18H30O9. The van der Waals surface area contributed by atoms with Crippen molar-refractivity contribution in [2.75, 3.05) is 6.61 Å². The second kappa shape index (κ2) is 10.6. The van der Waals surface area contributed by atoms with Crippen molar-refractivity contribution in [3.05, 3.63) is 0 Å². The molecule has 1 aliphatic rings. The number of ether oxygens (including phenoxy) is 4. The molecule has 2 N–H and O–H groups in total. The van der Waals surface area contributed by atoms with Gasteiger partial charge < -0.3 is 29.2 Å². The average molecular weight is 390 g/mol. The number of esters is 3. The normalized spacial score (nSPS) is 29.1. The molecule has 0 aromatic rings. The van der Waals surface area contributed by atoms with Gasteiger partial charge in [0, 0.05) is 13.3 Å². The van der Waals surface area contributed by atoms with Crippen LogP contribution in [0.15, 0.2) is 0 Å². The quantitative estimate of drug-likeness (QED) is 0.451. The second-order valence-corrected chi connectivity index (χ2v) is 7.13. The highest BCUT2D eigenvalue weighted by Crippen LogP contribution is 2.26. The summed E-state index contributed by atoms with van der Waals surface area (Å²) >= 11 is 0. The van der Waals surface area contributed by atoms with Crippen LogP contribution in [-0.2, 0) is 33.3 Å². The summed E-state index contributed by atoms with van der Waals surface area (Å²) < 4.78 is 20.7. The smallest absolute Gasteiger partial charge is 0.308 e. The average Bonchev–Trinajstić information content (AvgIpc) is 2.58. The van der Waals surface area contributed by atoms with E-state index in [1.807, 2.05) is 20.8 Å². The Bertz CT molecular complexity index is 519. The minimum atomic E-state index is -1.58. The van der Waals surface area contributed by atoms with Crippen LogP contribution in [-0.4, -0.2) is 65.4 Å². The lowest BCUT2D eigenvalue weighted by atomic mass is 9.99. The Labute approximate surface area is 158 Å². The van der Waals surface area contributed by atoms with Gasteiger partial charge in [-0.1, -0.05) is 27.7 Å². The predicted molar refractivity (Wildman–Crippen MR) is 92.2 cm³/mol. The third-order valence-corrected chi connectivity index (χ3v) is 4.17. The van der Waals surface area contributed by atoms with E-state index in [2.05, 4.69) is 0 Å². The van der Waals surface area contributed by atoms with Crippen LogP contribution >= 0.6 is 0 Å². The summed E-state index contributed by atoms with van der Waals surface area (Å²) in [6.45, 7) is 7.95. The van der Waals surface area contributed by atoms with Crippen LogP contribution < -0.4 is 0 Å². The van der Waals surface area contributed by atoms with Crippen LogP contribution in [0.25, 0.3) is 0 Å². The van der Waals surface area contributed by atoms with E-state index in [-0.39, 0.29) is 24.9 Å². The standard InChI is InChI=1S/C18H30O9/c1-6-10(4)17(23)24-8-12-14(21)15(22)16(25-11(5)19)18(26-12)27-13(20)7-9(2)3/h9-10,12,14-16,18,21-22H,6-8H2,1-5H3/t10-,12+,14-,15-,16+,18-/m1/s1. The van der Waals surface area contributed by atoms with Gasteiger partial charge in [-0.15, -0.1) is 0 Å². The third kappa shape index (κ3) is 7.08. The summed E-state index contributed by atoms with van der Waals surface area (Å²) in [5.41, 5.74) is 0. The predicted octanol–water partition coefficient (Wildman–Crippen LogP) is 0.543. The molecule has 9 nitrogen and oxygen atoms in total. The zero-order chi connectivity index (χ0) is 20.7. The van der Waals surface area contributed by atoms with E-state index in [0.29, 0.717) is 6.42 Å². The molecule has 0 aromatic heterocycles. The lowest BCUT2D eigenvalue weighted by Gasteiger charge is -2.41. The van der Waals surface area contributed by atoms with Gasteiger partial charge in [-0.25, -0.2) is 0 Å². The van der Waals surface area contributed by atoms with Crippen molar-refractivity contribution in [2.45, 2.75) is 78.2 Å². The lowest BCUT2D eigenvalue weighted by molar-refractivity contribution is -0.296. The van der Waals surface area contributed by atoms with E-state index in [9.17, 15) is 24.6 Å². The number of aliphatic hydroxyl groups is 2. The van der Waals surface area contributed by atoms with E-state index >= 15 is 0 Å². The molecule has 0 aromatic carbocycles. The maximum atomic E-state index is 12.0. The Balaban J connectivity index is 2.85. The second-order valence-electron chi connectivity index (χ2n) is 7.13. The number of rotatable bonds is 8. The van der Waals surface area contributed by atoms with Gasteiger partial charge in [-0.2, -0.15) is 0 Å². The number of aliphatic hydroxyl groups excluding tert-OH is 2. The topological polar surface area (TPSA) is 129 Å². The summed E-state index contributed by atoms with van der Waals surface area (Å²) in [6, 6.07) is 0. The molecule has 1 fully saturated rings. The zero-order valence-corrected chi connectivity index (χ0v) is 16.4. The van der Waals surface area contributed by atoms with Gasteiger partial charge in [0.1, 0.15) is 24.9 Å². The van der Waals surface area contributed by atoms with Gasteiger partial charge in [-0.3, -0.25) is 14.4 Å². The van der Waals surface area contributed by atoms with Gasteiger partial charge in [0.05, 0.1) is 5.92 Å². The Morgan fingerprint density at radius 2 is 1.70 bits per heavy atom. The Morgan fingerprint density at radius 3 is 2.22 bits per heavy atom. The van der Waals surface area contributed by atoms with Crippen LogP contribution in [0.5, 0.6) is 0 Å². The molecule has 0 saturated carbocycles. The molecule has 27 heavy (non-hydrogen) atoms. The van der Waals surface area contributed by atoms with Crippen LogP contribution in [0.3, 0.4) is 0 Å². The van der Waals surface area contributed by atoms with Crippen molar-refractivity contribution < 1.29 is 43.5 Å².